The molecule has 9 nitrogen and oxygen atoms in total. The van der Waals surface area contributed by atoms with E-state index < -0.39 is 6.10 Å². The molecule has 3 heterocycles. The number of amides is 1. The van der Waals surface area contributed by atoms with Gasteiger partial charge in [0.25, 0.3) is 5.91 Å². The highest BCUT2D eigenvalue weighted by atomic mass is 16.5. The van der Waals surface area contributed by atoms with Crippen LogP contribution in [0, 0.1) is 0 Å². The molecule has 1 amide bonds. The summed E-state index contributed by atoms with van der Waals surface area (Å²) in [5.74, 6) is 0.166. The summed E-state index contributed by atoms with van der Waals surface area (Å²) in [5, 5.41) is 25.0. The Bertz CT molecular complexity index is 1090. The Balaban J connectivity index is 1.15. The number of aliphatic hydroxyl groups is 1. The number of aliphatic hydroxyl groups excluding tert-OH is 1. The molecule has 3 aromatic rings. The molecule has 1 aromatic heterocycles. The second-order valence-corrected chi connectivity index (χ2v) is 8.30. The highest BCUT2D eigenvalue weighted by Gasteiger charge is 2.25. The molecule has 2 aliphatic rings. The van der Waals surface area contributed by atoms with Crippen LogP contribution in [-0.2, 0) is 17.7 Å². The van der Waals surface area contributed by atoms with Crippen LogP contribution in [0.25, 0.3) is 11.5 Å². The van der Waals surface area contributed by atoms with Gasteiger partial charge in [-0.05, 0) is 41.8 Å². The molecule has 2 aromatic carbocycles. The van der Waals surface area contributed by atoms with Gasteiger partial charge in [-0.25, -0.2) is 0 Å². The molecule has 33 heavy (non-hydrogen) atoms. The van der Waals surface area contributed by atoms with Gasteiger partial charge in [-0.2, -0.15) is 0 Å². The predicted molar refractivity (Wildman–Crippen MR) is 122 cm³/mol. The smallest absolute Gasteiger partial charge is 0.318 e. The lowest BCUT2D eigenvalue weighted by molar-refractivity contribution is 0.0870. The van der Waals surface area contributed by atoms with Gasteiger partial charge in [0.2, 0.25) is 5.89 Å². The number of rotatable bonds is 6. The SMILES string of the molecule is O=C(NCC(O)[C@@H]1Cc2ccccc2CN1)c1ccc(-c2nnc(N3CCOCC3)o2)cc1. The molecule has 1 fully saturated rings. The summed E-state index contributed by atoms with van der Waals surface area (Å²) < 4.78 is 11.1. The van der Waals surface area contributed by atoms with E-state index in [1.807, 2.05) is 17.0 Å². The molecule has 1 saturated heterocycles. The average molecular weight is 450 g/mol. The van der Waals surface area contributed by atoms with Gasteiger partial charge >= 0.3 is 6.01 Å². The monoisotopic (exact) mass is 449 g/mol. The molecular formula is C24H27N5O4. The average Bonchev–Trinajstić information content (AvgIpc) is 3.38. The van der Waals surface area contributed by atoms with E-state index in [4.69, 9.17) is 9.15 Å². The first kappa shape index (κ1) is 21.6. The van der Waals surface area contributed by atoms with Crippen LogP contribution >= 0.6 is 0 Å². The molecule has 0 spiro atoms. The fourth-order valence-electron chi connectivity index (χ4n) is 4.17. The number of nitrogens with zero attached hydrogens (tertiary/aromatic N) is 3. The molecule has 1 unspecified atom stereocenters. The first-order chi connectivity index (χ1) is 16.2. The first-order valence-electron chi connectivity index (χ1n) is 11.2. The van der Waals surface area contributed by atoms with E-state index in [9.17, 15) is 9.90 Å². The molecule has 0 radical (unpaired) electrons. The van der Waals surface area contributed by atoms with Crippen molar-refractivity contribution in [2.45, 2.75) is 25.1 Å². The fraction of sp³-hybridized carbons (Fsp3) is 0.375. The van der Waals surface area contributed by atoms with Crippen LogP contribution in [0.15, 0.2) is 52.9 Å². The normalized spacial score (nSPS) is 19.1. The Kier molecular flexibility index (Phi) is 6.34. The van der Waals surface area contributed by atoms with Crippen molar-refractivity contribution in [3.63, 3.8) is 0 Å². The van der Waals surface area contributed by atoms with Gasteiger partial charge in [-0.3, -0.25) is 4.79 Å². The summed E-state index contributed by atoms with van der Waals surface area (Å²) in [7, 11) is 0. The largest absolute Gasteiger partial charge is 0.403 e. The summed E-state index contributed by atoms with van der Waals surface area (Å²) in [6, 6.07) is 15.6. The molecule has 9 heteroatoms. The fourth-order valence-corrected chi connectivity index (χ4v) is 4.17. The van der Waals surface area contributed by atoms with Gasteiger partial charge < -0.3 is 29.8 Å². The molecule has 172 valence electrons. The zero-order valence-corrected chi connectivity index (χ0v) is 18.2. The van der Waals surface area contributed by atoms with E-state index in [2.05, 4.69) is 33.0 Å². The minimum atomic E-state index is -0.682. The van der Waals surface area contributed by atoms with Crippen LogP contribution in [0.3, 0.4) is 0 Å². The quantitative estimate of drug-likeness (QED) is 0.517. The number of hydrogen-bond acceptors (Lipinski definition) is 8. The maximum atomic E-state index is 12.6. The number of fused-ring (bicyclic) bond motifs is 1. The van der Waals surface area contributed by atoms with Crippen molar-refractivity contribution >= 4 is 11.9 Å². The van der Waals surface area contributed by atoms with Crippen LogP contribution < -0.4 is 15.5 Å². The van der Waals surface area contributed by atoms with E-state index in [0.717, 1.165) is 31.6 Å². The van der Waals surface area contributed by atoms with Gasteiger partial charge in [-0.1, -0.05) is 29.4 Å². The second-order valence-electron chi connectivity index (χ2n) is 8.30. The van der Waals surface area contributed by atoms with Crippen LogP contribution in [0.4, 0.5) is 6.01 Å². The minimum Gasteiger partial charge on any atom is -0.403 e. The van der Waals surface area contributed by atoms with Crippen LogP contribution in [0.1, 0.15) is 21.5 Å². The summed E-state index contributed by atoms with van der Waals surface area (Å²) in [5.41, 5.74) is 3.73. The third kappa shape index (κ3) is 4.90. The third-order valence-electron chi connectivity index (χ3n) is 6.14. The highest BCUT2D eigenvalue weighted by Crippen LogP contribution is 2.23. The number of anilines is 1. The molecule has 2 aliphatic heterocycles. The maximum absolute atomic E-state index is 12.6. The van der Waals surface area contributed by atoms with E-state index in [-0.39, 0.29) is 18.5 Å². The number of carbonyl (C=O) groups is 1. The van der Waals surface area contributed by atoms with E-state index in [1.165, 1.54) is 11.1 Å². The maximum Gasteiger partial charge on any atom is 0.318 e. The van der Waals surface area contributed by atoms with Crippen molar-refractivity contribution in [2.75, 3.05) is 37.7 Å². The van der Waals surface area contributed by atoms with Crippen molar-refractivity contribution in [1.82, 2.24) is 20.8 Å². The summed E-state index contributed by atoms with van der Waals surface area (Å²) in [6.45, 7) is 3.61. The lowest BCUT2D eigenvalue weighted by Crippen LogP contribution is -2.49. The Morgan fingerprint density at radius 2 is 1.88 bits per heavy atom. The number of carbonyl (C=O) groups excluding carboxylic acids is 1. The van der Waals surface area contributed by atoms with Gasteiger partial charge in [0.15, 0.2) is 0 Å². The van der Waals surface area contributed by atoms with Crippen molar-refractivity contribution in [1.29, 1.82) is 0 Å². The topological polar surface area (TPSA) is 113 Å². The predicted octanol–water partition coefficient (Wildman–Crippen LogP) is 1.38. The minimum absolute atomic E-state index is 0.0965. The van der Waals surface area contributed by atoms with Gasteiger partial charge in [0.05, 0.1) is 19.3 Å². The number of aromatic nitrogens is 2. The van der Waals surface area contributed by atoms with Gasteiger partial charge in [0.1, 0.15) is 0 Å². The van der Waals surface area contributed by atoms with Crippen molar-refractivity contribution < 1.29 is 19.1 Å². The zero-order valence-electron chi connectivity index (χ0n) is 18.2. The Labute approximate surface area is 191 Å². The van der Waals surface area contributed by atoms with Crippen LogP contribution in [0.5, 0.6) is 0 Å². The van der Waals surface area contributed by atoms with Crippen molar-refractivity contribution in [3.8, 4) is 11.5 Å². The molecule has 2 atom stereocenters. The highest BCUT2D eigenvalue weighted by molar-refractivity contribution is 5.94. The second kappa shape index (κ2) is 9.70. The molecule has 0 bridgehead atoms. The number of benzene rings is 2. The van der Waals surface area contributed by atoms with Crippen LogP contribution in [-0.4, -0.2) is 66.2 Å². The van der Waals surface area contributed by atoms with Crippen molar-refractivity contribution in [2.24, 2.45) is 0 Å². The molecule has 5 rings (SSSR count). The van der Waals surface area contributed by atoms with Gasteiger partial charge in [0, 0.05) is 43.3 Å². The zero-order chi connectivity index (χ0) is 22.6. The molecule has 3 N–H and O–H groups in total. The first-order valence-corrected chi connectivity index (χ1v) is 11.2. The summed E-state index contributed by atoms with van der Waals surface area (Å²) in [4.78, 5) is 14.6. The Morgan fingerprint density at radius 1 is 1.12 bits per heavy atom. The Morgan fingerprint density at radius 3 is 2.67 bits per heavy atom. The number of hydrogen-bond donors (Lipinski definition) is 3. The Hall–Kier alpha value is -3.27. The number of nitrogens with one attached hydrogen (secondary N) is 2. The van der Waals surface area contributed by atoms with Gasteiger partial charge in [-0.15, -0.1) is 5.10 Å². The molecular weight excluding hydrogens is 422 g/mol. The van der Waals surface area contributed by atoms with Crippen molar-refractivity contribution in [3.05, 3.63) is 65.2 Å². The van der Waals surface area contributed by atoms with E-state index in [0.29, 0.717) is 30.7 Å². The van der Waals surface area contributed by atoms with E-state index >= 15 is 0 Å². The lowest BCUT2D eigenvalue weighted by Gasteiger charge is -2.30. The summed E-state index contributed by atoms with van der Waals surface area (Å²) >= 11 is 0. The van der Waals surface area contributed by atoms with Crippen LogP contribution in [0.2, 0.25) is 0 Å². The van der Waals surface area contributed by atoms with E-state index in [1.54, 1.807) is 24.3 Å². The third-order valence-corrected chi connectivity index (χ3v) is 6.14. The standard InChI is InChI=1S/C24H27N5O4/c30-21(20-13-18-3-1-2-4-19(18)14-25-20)15-26-22(31)16-5-7-17(8-6-16)23-27-28-24(33-23)29-9-11-32-12-10-29/h1-8,20-21,25,30H,9-15H2,(H,26,31)/t20-,21?/m0/s1. The molecule has 0 aliphatic carbocycles. The number of ether oxygens (including phenoxy) is 1. The summed E-state index contributed by atoms with van der Waals surface area (Å²) in [6.07, 6.45) is 0.0528. The number of morpholine rings is 1. The lowest BCUT2D eigenvalue weighted by atomic mass is 9.93. The molecule has 0 saturated carbocycles.